The molecule has 2 heterocycles. The van der Waals surface area contributed by atoms with Gasteiger partial charge in [0.2, 0.25) is 0 Å². The largest absolute Gasteiger partial charge is 0.392 e. The number of anilines is 1. The van der Waals surface area contributed by atoms with E-state index < -0.39 is 5.60 Å². The summed E-state index contributed by atoms with van der Waals surface area (Å²) in [5, 5.41) is 33.4. The summed E-state index contributed by atoms with van der Waals surface area (Å²) in [5.74, 6) is 0.163. The summed E-state index contributed by atoms with van der Waals surface area (Å²) >= 11 is 0. The first-order chi connectivity index (χ1) is 18.6. The summed E-state index contributed by atoms with van der Waals surface area (Å²) in [6.07, 6.45) is 3.29. The standard InChI is InChI=1S/C30H34N6O3/c1-30(2,3)39-34-26(20-8-6-19(18-37)7-9-20)21-10-13-23(14-11-21)35(4)28-24(17-32)29(38)36(5)25-15-12-22(16-31)33-27(25)28/h6-9,12,15,21,23,37H,10-11,13-14,18H2,1-5H3/b34-26-. The number of aromatic nitrogens is 2. The number of nitriles is 2. The first kappa shape index (κ1) is 27.8. The molecular formula is C30H34N6O3. The Bertz CT molecular complexity index is 1530. The predicted molar refractivity (Wildman–Crippen MR) is 150 cm³/mol. The average molecular weight is 527 g/mol. The highest BCUT2D eigenvalue weighted by Crippen LogP contribution is 2.35. The number of pyridine rings is 2. The Hall–Kier alpha value is -4.21. The minimum Gasteiger partial charge on any atom is -0.392 e. The quantitative estimate of drug-likeness (QED) is 0.373. The van der Waals surface area contributed by atoms with E-state index in [9.17, 15) is 20.4 Å². The van der Waals surface area contributed by atoms with Crippen LogP contribution < -0.4 is 10.5 Å². The highest BCUT2D eigenvalue weighted by atomic mass is 16.6. The highest BCUT2D eigenvalue weighted by molar-refractivity contribution is 6.02. The molecule has 3 aromatic rings. The molecule has 2 aromatic heterocycles. The van der Waals surface area contributed by atoms with Crippen molar-refractivity contribution in [2.24, 2.45) is 18.1 Å². The zero-order valence-electron chi connectivity index (χ0n) is 23.1. The lowest BCUT2D eigenvalue weighted by Crippen LogP contribution is -2.39. The van der Waals surface area contributed by atoms with Crippen LogP contribution in [0.5, 0.6) is 0 Å². The maximum absolute atomic E-state index is 13.0. The lowest BCUT2D eigenvalue weighted by Gasteiger charge is -2.37. The van der Waals surface area contributed by atoms with Crippen LogP contribution in [0.3, 0.4) is 0 Å². The second kappa shape index (κ2) is 11.3. The summed E-state index contributed by atoms with van der Waals surface area (Å²) < 4.78 is 1.41. The Morgan fingerprint density at radius 2 is 1.79 bits per heavy atom. The highest BCUT2D eigenvalue weighted by Gasteiger charge is 2.31. The zero-order chi connectivity index (χ0) is 28.3. The van der Waals surface area contributed by atoms with E-state index in [4.69, 9.17) is 4.84 Å². The number of fused-ring (bicyclic) bond motifs is 1. The van der Waals surface area contributed by atoms with Crippen LogP contribution in [0.25, 0.3) is 11.0 Å². The van der Waals surface area contributed by atoms with Gasteiger partial charge < -0.3 is 19.4 Å². The zero-order valence-corrected chi connectivity index (χ0v) is 23.1. The Balaban J connectivity index is 1.65. The van der Waals surface area contributed by atoms with Crippen molar-refractivity contribution in [1.82, 2.24) is 9.55 Å². The molecule has 1 aromatic carbocycles. The van der Waals surface area contributed by atoms with Crippen molar-refractivity contribution in [3.8, 4) is 12.1 Å². The van der Waals surface area contributed by atoms with E-state index in [1.807, 2.05) is 57.0 Å². The minimum atomic E-state index is -0.433. The Labute approximate surface area is 228 Å². The van der Waals surface area contributed by atoms with Crippen molar-refractivity contribution in [1.29, 1.82) is 10.5 Å². The normalized spacial score (nSPS) is 17.9. The van der Waals surface area contributed by atoms with Gasteiger partial charge in [0, 0.05) is 26.1 Å². The van der Waals surface area contributed by atoms with Crippen LogP contribution in [-0.2, 0) is 18.5 Å². The molecule has 0 aliphatic heterocycles. The van der Waals surface area contributed by atoms with Crippen LogP contribution in [0.2, 0.25) is 0 Å². The van der Waals surface area contributed by atoms with Crippen molar-refractivity contribution < 1.29 is 9.94 Å². The van der Waals surface area contributed by atoms with Gasteiger partial charge in [-0.1, -0.05) is 29.4 Å². The number of benzene rings is 1. The molecule has 1 N–H and O–H groups in total. The molecule has 9 nitrogen and oxygen atoms in total. The van der Waals surface area contributed by atoms with E-state index in [0.717, 1.165) is 42.5 Å². The molecule has 1 fully saturated rings. The summed E-state index contributed by atoms with van der Waals surface area (Å²) in [6.45, 7) is 5.86. The van der Waals surface area contributed by atoms with Crippen molar-refractivity contribution in [3.63, 3.8) is 0 Å². The fourth-order valence-corrected chi connectivity index (χ4v) is 5.15. The SMILES string of the molecule is CN(c1c(C#N)c(=O)n(C)c2ccc(C#N)nc12)C1CCC(/C(=N\OC(C)(C)C)c2ccc(CO)cc2)CC1. The third-order valence-electron chi connectivity index (χ3n) is 7.28. The lowest BCUT2D eigenvalue weighted by atomic mass is 9.80. The number of hydrogen-bond acceptors (Lipinski definition) is 8. The molecule has 4 rings (SSSR count). The molecule has 202 valence electrons. The van der Waals surface area contributed by atoms with Gasteiger partial charge in [0.05, 0.1) is 23.5 Å². The first-order valence-corrected chi connectivity index (χ1v) is 13.1. The molecule has 9 heteroatoms. The van der Waals surface area contributed by atoms with Gasteiger partial charge >= 0.3 is 0 Å². The number of aryl methyl sites for hydroxylation is 1. The first-order valence-electron chi connectivity index (χ1n) is 13.1. The maximum Gasteiger partial charge on any atom is 0.270 e. The molecule has 1 aliphatic carbocycles. The third kappa shape index (κ3) is 5.79. The lowest BCUT2D eigenvalue weighted by molar-refractivity contribution is -0.0000292. The average Bonchev–Trinajstić information content (AvgIpc) is 2.94. The van der Waals surface area contributed by atoms with Crippen molar-refractivity contribution in [3.05, 3.63) is 69.1 Å². The molecule has 1 saturated carbocycles. The molecule has 0 amide bonds. The van der Waals surface area contributed by atoms with Crippen LogP contribution in [0.1, 0.15) is 68.8 Å². The molecule has 39 heavy (non-hydrogen) atoms. The van der Waals surface area contributed by atoms with Crippen molar-refractivity contribution >= 4 is 22.4 Å². The van der Waals surface area contributed by atoms with E-state index in [0.29, 0.717) is 16.7 Å². The van der Waals surface area contributed by atoms with E-state index in [1.165, 1.54) is 4.57 Å². The molecule has 0 spiro atoms. The van der Waals surface area contributed by atoms with Gasteiger partial charge in [0.15, 0.2) is 0 Å². The number of rotatable bonds is 6. The molecule has 0 radical (unpaired) electrons. The molecule has 1 aliphatic rings. The fraction of sp³-hybridized carbons (Fsp3) is 0.433. The number of aliphatic hydroxyl groups excluding tert-OH is 1. The van der Waals surface area contributed by atoms with Crippen molar-refractivity contribution in [2.45, 2.75) is 64.7 Å². The third-order valence-corrected chi connectivity index (χ3v) is 7.28. The number of hydrogen-bond donors (Lipinski definition) is 1. The van der Waals surface area contributed by atoms with Gasteiger partial charge in [0.1, 0.15) is 34.5 Å². The van der Waals surface area contributed by atoms with Crippen LogP contribution >= 0.6 is 0 Å². The summed E-state index contributed by atoms with van der Waals surface area (Å²) in [7, 11) is 3.51. The van der Waals surface area contributed by atoms with Crippen molar-refractivity contribution in [2.75, 3.05) is 11.9 Å². The van der Waals surface area contributed by atoms with Crippen LogP contribution in [0.4, 0.5) is 5.69 Å². The molecule has 0 unspecified atom stereocenters. The number of aliphatic hydroxyl groups is 1. The molecule has 0 bridgehead atoms. The van der Waals surface area contributed by atoms with E-state index >= 15 is 0 Å². The van der Waals surface area contributed by atoms with Gasteiger partial charge in [-0.25, -0.2) is 4.98 Å². The molecular weight excluding hydrogens is 492 g/mol. The predicted octanol–water partition coefficient (Wildman–Crippen LogP) is 4.38. The summed E-state index contributed by atoms with van der Waals surface area (Å²) in [4.78, 5) is 25.4. The monoisotopic (exact) mass is 526 g/mol. The van der Waals surface area contributed by atoms with E-state index in [2.05, 4.69) is 22.3 Å². The number of oxime groups is 1. The Kier molecular flexibility index (Phi) is 8.03. The Morgan fingerprint density at radius 1 is 1.13 bits per heavy atom. The van der Waals surface area contributed by atoms with Crippen LogP contribution in [0, 0.1) is 28.6 Å². The van der Waals surface area contributed by atoms with Gasteiger partial charge in [-0.2, -0.15) is 10.5 Å². The fourth-order valence-electron chi connectivity index (χ4n) is 5.15. The maximum atomic E-state index is 13.0. The van der Waals surface area contributed by atoms with Gasteiger partial charge in [-0.05, 0) is 69.7 Å². The van der Waals surface area contributed by atoms with Gasteiger partial charge in [0.25, 0.3) is 5.56 Å². The number of nitrogens with zero attached hydrogens (tertiary/aromatic N) is 6. The molecule has 0 atom stereocenters. The Morgan fingerprint density at radius 3 is 2.36 bits per heavy atom. The van der Waals surface area contributed by atoms with Gasteiger partial charge in [-0.15, -0.1) is 0 Å². The topological polar surface area (TPSA) is 128 Å². The second-order valence-electron chi connectivity index (χ2n) is 11.0. The van der Waals surface area contributed by atoms with Crippen LogP contribution in [0.15, 0.2) is 46.3 Å². The second-order valence-corrected chi connectivity index (χ2v) is 11.0. The van der Waals surface area contributed by atoms with Crippen LogP contribution in [-0.4, -0.2) is 39.1 Å². The summed E-state index contributed by atoms with van der Waals surface area (Å²) in [5.41, 5.74) is 3.65. The summed E-state index contributed by atoms with van der Waals surface area (Å²) in [6, 6.07) is 15.2. The van der Waals surface area contributed by atoms with Gasteiger partial charge in [-0.3, -0.25) is 4.79 Å². The van der Waals surface area contributed by atoms with E-state index in [-0.39, 0.29) is 35.4 Å². The smallest absolute Gasteiger partial charge is 0.270 e. The molecule has 0 saturated heterocycles. The van der Waals surface area contributed by atoms with E-state index in [1.54, 1.807) is 19.2 Å². The minimum absolute atomic E-state index is 0.0185.